The molecule has 0 aromatic heterocycles. The predicted octanol–water partition coefficient (Wildman–Crippen LogP) is 2.89. The van der Waals surface area contributed by atoms with Crippen LogP contribution in [0.15, 0.2) is 22.7 Å². The molecule has 20 heavy (non-hydrogen) atoms. The van der Waals surface area contributed by atoms with Gasteiger partial charge in [0.25, 0.3) is 0 Å². The first-order valence-corrected chi connectivity index (χ1v) is 7.37. The third kappa shape index (κ3) is 5.38. The summed E-state index contributed by atoms with van der Waals surface area (Å²) < 4.78 is 5.94. The highest BCUT2D eigenvalue weighted by molar-refractivity contribution is 9.10. The number of aliphatic hydroxyl groups is 1. The molecule has 112 valence electrons. The van der Waals surface area contributed by atoms with Gasteiger partial charge in [-0.3, -0.25) is 0 Å². The van der Waals surface area contributed by atoms with E-state index in [1.807, 2.05) is 6.92 Å². The number of ether oxygens (including phenoxy) is 1. The van der Waals surface area contributed by atoms with Gasteiger partial charge in [-0.05, 0) is 24.6 Å². The van der Waals surface area contributed by atoms with Crippen molar-refractivity contribution >= 4 is 22.0 Å². The Bertz CT molecular complexity index is 439. The van der Waals surface area contributed by atoms with Gasteiger partial charge in [0.2, 0.25) is 0 Å². The van der Waals surface area contributed by atoms with Crippen LogP contribution in [0, 0.1) is 0 Å². The summed E-state index contributed by atoms with van der Waals surface area (Å²) in [5.74, 6) is 0.109. The lowest BCUT2D eigenvalue weighted by molar-refractivity contribution is 0.0900. The highest BCUT2D eigenvalue weighted by Gasteiger charge is 2.16. The van der Waals surface area contributed by atoms with Gasteiger partial charge in [-0.2, -0.15) is 0 Å². The average Bonchev–Trinajstić information content (AvgIpc) is 2.42. The molecule has 2 N–H and O–H groups in total. The van der Waals surface area contributed by atoms with E-state index in [0.717, 1.165) is 17.3 Å². The van der Waals surface area contributed by atoms with E-state index in [4.69, 9.17) is 9.84 Å². The number of benzene rings is 1. The molecule has 0 radical (unpaired) electrons. The van der Waals surface area contributed by atoms with Gasteiger partial charge in [0.1, 0.15) is 5.75 Å². The number of phenolic OH excluding ortho intramolecular Hbond substituents is 1. The normalized spacial score (nSPS) is 10.3. The molecule has 0 saturated heterocycles. The summed E-state index contributed by atoms with van der Waals surface area (Å²) in [5.41, 5.74) is 0.597. The molecular weight excluding hydrogens is 326 g/mol. The molecule has 5 nitrogen and oxygen atoms in total. The van der Waals surface area contributed by atoms with E-state index in [2.05, 4.69) is 15.9 Å². The predicted molar refractivity (Wildman–Crippen MR) is 79.6 cm³/mol. The van der Waals surface area contributed by atoms with Crippen molar-refractivity contribution in [2.75, 3.05) is 19.8 Å². The number of hydrogen-bond donors (Lipinski definition) is 2. The molecule has 0 spiro atoms. The average molecular weight is 346 g/mol. The maximum atomic E-state index is 11.9. The summed E-state index contributed by atoms with van der Waals surface area (Å²) >= 11 is 3.32. The minimum atomic E-state index is -0.480. The van der Waals surface area contributed by atoms with Crippen molar-refractivity contribution in [2.45, 2.75) is 26.3 Å². The number of nitrogens with zero attached hydrogens (tertiary/aromatic N) is 1. The molecule has 0 atom stereocenters. The molecule has 1 aromatic carbocycles. The van der Waals surface area contributed by atoms with Crippen LogP contribution in [0.2, 0.25) is 0 Å². The summed E-state index contributed by atoms with van der Waals surface area (Å²) in [6, 6.07) is 5.01. The fraction of sp³-hybridized carbons (Fsp3) is 0.500. The summed E-state index contributed by atoms with van der Waals surface area (Å²) in [7, 11) is 0. The molecule has 0 saturated carbocycles. The van der Waals surface area contributed by atoms with Crippen LogP contribution in [0.3, 0.4) is 0 Å². The molecule has 1 aromatic rings. The van der Waals surface area contributed by atoms with Gasteiger partial charge in [0.15, 0.2) is 0 Å². The molecule has 0 aliphatic carbocycles. The van der Waals surface area contributed by atoms with E-state index in [1.54, 1.807) is 18.2 Å². The van der Waals surface area contributed by atoms with Gasteiger partial charge >= 0.3 is 6.09 Å². The largest absolute Gasteiger partial charge is 0.508 e. The Morgan fingerprint density at radius 1 is 1.45 bits per heavy atom. The standard InChI is InChI=1S/C14H20BrNO4/c1-2-3-8-20-14(19)16(6-7-17)10-11-9-12(15)4-5-13(11)18/h4-5,9,17-18H,2-3,6-8,10H2,1H3. The molecule has 0 bridgehead atoms. The van der Waals surface area contributed by atoms with Crippen molar-refractivity contribution in [3.8, 4) is 5.75 Å². The summed E-state index contributed by atoms with van der Waals surface area (Å²) in [6.07, 6.45) is 1.27. The Labute approximate surface area is 127 Å². The lowest BCUT2D eigenvalue weighted by atomic mass is 10.2. The van der Waals surface area contributed by atoms with Crippen molar-refractivity contribution in [2.24, 2.45) is 0 Å². The Morgan fingerprint density at radius 2 is 2.20 bits per heavy atom. The number of aromatic hydroxyl groups is 1. The molecule has 0 heterocycles. The highest BCUT2D eigenvalue weighted by atomic mass is 79.9. The number of phenols is 1. The molecule has 0 aliphatic rings. The van der Waals surface area contributed by atoms with Gasteiger partial charge in [0.05, 0.1) is 19.8 Å². The first kappa shape index (κ1) is 16.8. The van der Waals surface area contributed by atoms with E-state index in [9.17, 15) is 9.90 Å². The molecule has 0 fully saturated rings. The third-order valence-corrected chi connectivity index (χ3v) is 3.25. The first-order valence-electron chi connectivity index (χ1n) is 6.58. The topological polar surface area (TPSA) is 70.0 Å². The minimum absolute atomic E-state index is 0.109. The zero-order valence-electron chi connectivity index (χ0n) is 11.5. The molecular formula is C14H20BrNO4. The van der Waals surface area contributed by atoms with E-state index in [1.165, 1.54) is 4.90 Å². The van der Waals surface area contributed by atoms with Crippen LogP contribution >= 0.6 is 15.9 Å². The number of amides is 1. The van der Waals surface area contributed by atoms with Gasteiger partial charge in [0, 0.05) is 16.6 Å². The minimum Gasteiger partial charge on any atom is -0.508 e. The maximum Gasteiger partial charge on any atom is 0.410 e. The van der Waals surface area contributed by atoms with Gasteiger partial charge < -0.3 is 19.8 Å². The number of carbonyl (C=O) groups is 1. The summed E-state index contributed by atoms with van der Waals surface area (Å²) in [5, 5.41) is 18.8. The van der Waals surface area contributed by atoms with Gasteiger partial charge in [-0.1, -0.05) is 29.3 Å². The van der Waals surface area contributed by atoms with Crippen molar-refractivity contribution in [1.29, 1.82) is 0 Å². The van der Waals surface area contributed by atoms with Crippen LogP contribution in [-0.2, 0) is 11.3 Å². The van der Waals surface area contributed by atoms with Crippen molar-refractivity contribution in [1.82, 2.24) is 4.90 Å². The summed E-state index contributed by atoms with van der Waals surface area (Å²) in [6.45, 7) is 2.58. The molecule has 0 aliphatic heterocycles. The monoisotopic (exact) mass is 345 g/mol. The smallest absolute Gasteiger partial charge is 0.410 e. The van der Waals surface area contributed by atoms with Crippen LogP contribution in [0.1, 0.15) is 25.3 Å². The third-order valence-electron chi connectivity index (χ3n) is 2.75. The molecule has 1 rings (SSSR count). The van der Waals surface area contributed by atoms with Crippen molar-refractivity contribution < 1.29 is 19.7 Å². The van der Waals surface area contributed by atoms with Crippen LogP contribution in [0.25, 0.3) is 0 Å². The number of hydrogen-bond acceptors (Lipinski definition) is 4. The number of rotatable bonds is 7. The Hall–Kier alpha value is -1.27. The van der Waals surface area contributed by atoms with E-state index in [-0.39, 0.29) is 25.4 Å². The van der Waals surface area contributed by atoms with Crippen molar-refractivity contribution in [3.05, 3.63) is 28.2 Å². The molecule has 0 unspecified atom stereocenters. The number of halogens is 1. The first-order chi connectivity index (χ1) is 9.58. The zero-order valence-corrected chi connectivity index (χ0v) is 13.1. The van der Waals surface area contributed by atoms with Crippen LogP contribution in [0.5, 0.6) is 5.75 Å². The molecule has 1 amide bonds. The van der Waals surface area contributed by atoms with Crippen LogP contribution < -0.4 is 0 Å². The SMILES string of the molecule is CCCCOC(=O)N(CCO)Cc1cc(Br)ccc1O. The number of carbonyl (C=O) groups excluding carboxylic acids is 1. The molecule has 6 heteroatoms. The Kier molecular flexibility index (Phi) is 7.40. The fourth-order valence-electron chi connectivity index (χ4n) is 1.64. The lowest BCUT2D eigenvalue weighted by Crippen LogP contribution is -2.33. The van der Waals surface area contributed by atoms with E-state index >= 15 is 0 Å². The second kappa shape index (κ2) is 8.81. The fourth-order valence-corrected chi connectivity index (χ4v) is 2.05. The van der Waals surface area contributed by atoms with E-state index < -0.39 is 6.09 Å². The Morgan fingerprint density at radius 3 is 2.85 bits per heavy atom. The quantitative estimate of drug-likeness (QED) is 0.745. The van der Waals surface area contributed by atoms with Crippen molar-refractivity contribution in [3.63, 3.8) is 0 Å². The maximum absolute atomic E-state index is 11.9. The van der Waals surface area contributed by atoms with Crippen LogP contribution in [-0.4, -0.2) is 41.0 Å². The second-order valence-corrected chi connectivity index (χ2v) is 5.30. The Balaban J connectivity index is 2.70. The van der Waals surface area contributed by atoms with Crippen LogP contribution in [0.4, 0.5) is 4.79 Å². The summed E-state index contributed by atoms with van der Waals surface area (Å²) in [4.78, 5) is 13.3. The number of unbranched alkanes of at least 4 members (excludes halogenated alkanes) is 1. The number of aliphatic hydroxyl groups excluding tert-OH is 1. The second-order valence-electron chi connectivity index (χ2n) is 4.39. The zero-order chi connectivity index (χ0) is 15.0. The highest BCUT2D eigenvalue weighted by Crippen LogP contribution is 2.23. The van der Waals surface area contributed by atoms with Gasteiger partial charge in [-0.25, -0.2) is 4.79 Å². The van der Waals surface area contributed by atoms with Gasteiger partial charge in [-0.15, -0.1) is 0 Å². The van der Waals surface area contributed by atoms with E-state index in [0.29, 0.717) is 12.2 Å². The lowest BCUT2D eigenvalue weighted by Gasteiger charge is -2.21.